The zero-order valence-electron chi connectivity index (χ0n) is 14.8. The number of rotatable bonds is 2. The average Bonchev–Trinajstić information content (AvgIpc) is 3.34. The van der Waals surface area contributed by atoms with Gasteiger partial charge in [-0.05, 0) is 43.3 Å². The molecule has 27 heavy (non-hydrogen) atoms. The number of aromatic nitrogens is 4. The van der Waals surface area contributed by atoms with Gasteiger partial charge in [-0.2, -0.15) is 0 Å². The van der Waals surface area contributed by atoms with E-state index >= 15 is 8.63 Å². The van der Waals surface area contributed by atoms with E-state index in [0.29, 0.717) is 28.5 Å². The molecule has 0 unspecified atom stereocenters. The lowest BCUT2D eigenvalue weighted by Crippen LogP contribution is -2.50. The minimum absolute atomic E-state index is 0.352. The fourth-order valence-corrected chi connectivity index (χ4v) is 3.91. The highest BCUT2D eigenvalue weighted by Crippen LogP contribution is 2.34. The van der Waals surface area contributed by atoms with Crippen LogP contribution in [0.3, 0.4) is 0 Å². The summed E-state index contributed by atoms with van der Waals surface area (Å²) >= 11 is 0. The smallest absolute Gasteiger partial charge is 0.394 e. The zero-order valence-corrected chi connectivity index (χ0v) is 14.8. The van der Waals surface area contributed by atoms with E-state index in [0.717, 1.165) is 20.2 Å². The van der Waals surface area contributed by atoms with Crippen molar-refractivity contribution in [3.8, 4) is 5.69 Å². The molecular formula is C19H16BF2N5. The largest absolute Gasteiger partial charge is 0.737 e. The third-order valence-corrected chi connectivity index (χ3v) is 5.10. The third kappa shape index (κ3) is 2.19. The van der Waals surface area contributed by atoms with E-state index in [1.807, 2.05) is 37.3 Å². The number of hydrogen-bond donors (Lipinski definition) is 0. The summed E-state index contributed by atoms with van der Waals surface area (Å²) in [5, 5.41) is 8.24. The quantitative estimate of drug-likeness (QED) is 0.655. The van der Waals surface area contributed by atoms with Crippen molar-refractivity contribution in [3.05, 3.63) is 83.1 Å². The maximum absolute atomic E-state index is 15.5. The first-order valence-corrected chi connectivity index (χ1v) is 8.72. The number of aryl methyl sites for hydroxylation is 2. The second-order valence-corrected chi connectivity index (χ2v) is 6.85. The fraction of sp³-hybridized carbons (Fsp3) is 0.105. The first kappa shape index (κ1) is 15.9. The van der Waals surface area contributed by atoms with E-state index in [1.165, 1.54) is 0 Å². The summed E-state index contributed by atoms with van der Waals surface area (Å²) in [5.74, 6) is 0. The number of allylic oxidation sites excluding steroid dienone is 2. The van der Waals surface area contributed by atoms with Crippen LogP contribution in [0.1, 0.15) is 22.6 Å². The van der Waals surface area contributed by atoms with Crippen molar-refractivity contribution < 1.29 is 13.1 Å². The molecule has 1 aromatic carbocycles. The van der Waals surface area contributed by atoms with Gasteiger partial charge in [-0.15, -0.1) is 5.10 Å². The Morgan fingerprint density at radius 1 is 1.07 bits per heavy atom. The lowest BCUT2D eigenvalue weighted by molar-refractivity contribution is -0.360. The van der Waals surface area contributed by atoms with E-state index in [1.54, 1.807) is 42.1 Å². The maximum Gasteiger partial charge on any atom is 0.737 e. The van der Waals surface area contributed by atoms with Crippen LogP contribution < -0.4 is 0 Å². The molecule has 0 saturated carbocycles. The third-order valence-electron chi connectivity index (χ3n) is 5.10. The SMILES string of the molecule is Cc1cc(C)n2c1C=C1C=CC(c3cn(-c4ccccc4)nn3)=[N+]1[B-]2(F)F. The molecule has 0 aliphatic carbocycles. The van der Waals surface area contributed by atoms with Crippen LogP contribution in [0.25, 0.3) is 11.8 Å². The number of halogens is 2. The number of benzene rings is 1. The second kappa shape index (κ2) is 5.36. The van der Waals surface area contributed by atoms with Crippen LogP contribution in [-0.4, -0.2) is 36.6 Å². The van der Waals surface area contributed by atoms with Crippen LogP contribution >= 0.6 is 0 Å². The molecule has 3 aromatic rings. The monoisotopic (exact) mass is 363 g/mol. The standard InChI is InChI=1S/C19H16BF2N5/c1-13-10-14(2)26-19(13)11-16-8-9-18(27(16)20(26,21)22)17-12-25(24-23-17)15-6-4-3-5-7-15/h3-12H,1-2H3. The Morgan fingerprint density at radius 2 is 1.85 bits per heavy atom. The Kier molecular flexibility index (Phi) is 3.16. The summed E-state index contributed by atoms with van der Waals surface area (Å²) in [5.41, 5.74) is 4.00. The summed E-state index contributed by atoms with van der Waals surface area (Å²) in [4.78, 5) is 0. The van der Waals surface area contributed by atoms with Crippen molar-refractivity contribution in [1.29, 1.82) is 0 Å². The van der Waals surface area contributed by atoms with Crippen molar-refractivity contribution in [2.24, 2.45) is 0 Å². The van der Waals surface area contributed by atoms with Crippen LogP contribution in [0, 0.1) is 13.8 Å². The Morgan fingerprint density at radius 3 is 2.63 bits per heavy atom. The van der Waals surface area contributed by atoms with Gasteiger partial charge in [0.05, 0.1) is 11.9 Å². The van der Waals surface area contributed by atoms with Gasteiger partial charge < -0.3 is 17.6 Å². The molecule has 5 nitrogen and oxygen atoms in total. The van der Waals surface area contributed by atoms with E-state index in [9.17, 15) is 0 Å². The van der Waals surface area contributed by atoms with Gasteiger partial charge in [0.1, 0.15) is 0 Å². The van der Waals surface area contributed by atoms with Crippen molar-refractivity contribution in [3.63, 3.8) is 0 Å². The predicted octanol–water partition coefficient (Wildman–Crippen LogP) is 3.33. The van der Waals surface area contributed by atoms with Crippen LogP contribution in [0.4, 0.5) is 8.63 Å². The Bertz CT molecular complexity index is 1170. The number of nitrogens with zero attached hydrogens (tertiary/aromatic N) is 5. The highest BCUT2D eigenvalue weighted by atomic mass is 19.2. The molecule has 8 heteroatoms. The normalized spacial score (nSPS) is 17.1. The molecule has 2 aliphatic heterocycles. The van der Waals surface area contributed by atoms with E-state index in [4.69, 9.17) is 0 Å². The molecule has 0 fully saturated rings. The summed E-state index contributed by atoms with van der Waals surface area (Å²) < 4.78 is 34.8. The van der Waals surface area contributed by atoms with Crippen molar-refractivity contribution in [2.45, 2.75) is 13.8 Å². The first-order chi connectivity index (χ1) is 13.0. The van der Waals surface area contributed by atoms with Gasteiger partial charge in [0.15, 0.2) is 17.1 Å². The molecule has 0 amide bonds. The maximum atomic E-state index is 15.5. The molecule has 0 atom stereocenters. The fourth-order valence-electron chi connectivity index (χ4n) is 3.91. The lowest BCUT2D eigenvalue weighted by Gasteiger charge is -2.30. The number of hydrogen-bond acceptors (Lipinski definition) is 2. The van der Waals surface area contributed by atoms with Crippen LogP contribution in [0.5, 0.6) is 0 Å². The van der Waals surface area contributed by atoms with Gasteiger partial charge in [0.25, 0.3) is 0 Å². The Balaban J connectivity index is 1.67. The molecule has 134 valence electrons. The van der Waals surface area contributed by atoms with Crippen molar-refractivity contribution in [2.75, 3.05) is 0 Å². The average molecular weight is 363 g/mol. The topological polar surface area (TPSA) is 38.6 Å². The molecule has 0 bridgehead atoms. The van der Waals surface area contributed by atoms with Gasteiger partial charge in [-0.3, -0.25) is 0 Å². The summed E-state index contributed by atoms with van der Waals surface area (Å²) in [6.45, 7) is -0.453. The molecule has 0 N–H and O–H groups in total. The molecule has 0 spiro atoms. The molecule has 0 radical (unpaired) electrons. The summed E-state index contributed by atoms with van der Waals surface area (Å²) in [6.07, 6.45) is 6.86. The summed E-state index contributed by atoms with van der Waals surface area (Å²) in [6, 6.07) is 11.2. The van der Waals surface area contributed by atoms with E-state index in [-0.39, 0.29) is 0 Å². The minimum atomic E-state index is -4.02. The van der Waals surface area contributed by atoms with Crippen LogP contribution in [-0.2, 0) is 0 Å². The molecule has 4 heterocycles. The van der Waals surface area contributed by atoms with E-state index < -0.39 is 6.97 Å². The molecule has 5 rings (SSSR count). The Labute approximate surface area is 154 Å². The summed E-state index contributed by atoms with van der Waals surface area (Å²) in [7, 11) is 0. The Hall–Kier alpha value is -3.29. The van der Waals surface area contributed by atoms with Crippen LogP contribution in [0.2, 0.25) is 0 Å². The van der Waals surface area contributed by atoms with Crippen LogP contribution in [0.15, 0.2) is 60.4 Å². The number of fused-ring (bicyclic) bond motifs is 2. The van der Waals surface area contributed by atoms with Crippen molar-refractivity contribution in [1.82, 2.24) is 19.5 Å². The highest BCUT2D eigenvalue weighted by Gasteiger charge is 2.53. The zero-order chi connectivity index (χ0) is 18.8. The van der Waals surface area contributed by atoms with Gasteiger partial charge in [-0.25, -0.2) is 4.68 Å². The second-order valence-electron chi connectivity index (χ2n) is 6.85. The molecule has 2 aromatic heterocycles. The van der Waals surface area contributed by atoms with E-state index in [2.05, 4.69) is 10.3 Å². The lowest BCUT2D eigenvalue weighted by atomic mass is 9.90. The predicted molar refractivity (Wildman–Crippen MR) is 100 cm³/mol. The number of para-hydroxylation sites is 1. The van der Waals surface area contributed by atoms with Gasteiger partial charge in [-0.1, -0.05) is 23.4 Å². The molecule has 0 saturated heterocycles. The highest BCUT2D eigenvalue weighted by molar-refractivity contribution is 6.58. The first-order valence-electron chi connectivity index (χ1n) is 8.72. The minimum Gasteiger partial charge on any atom is -0.394 e. The van der Waals surface area contributed by atoms with Gasteiger partial charge >= 0.3 is 6.97 Å². The molecule has 2 aliphatic rings. The molecular weight excluding hydrogens is 347 g/mol. The van der Waals surface area contributed by atoms with Gasteiger partial charge in [0.2, 0.25) is 0 Å². The van der Waals surface area contributed by atoms with Crippen molar-refractivity contribution >= 4 is 18.8 Å². The van der Waals surface area contributed by atoms with Gasteiger partial charge in [0, 0.05) is 23.9 Å².